The molecular weight excluding hydrogens is 232 g/mol. The van der Waals surface area contributed by atoms with E-state index in [2.05, 4.69) is 27.2 Å². The summed E-state index contributed by atoms with van der Waals surface area (Å²) in [5.41, 5.74) is 0. The van der Waals surface area contributed by atoms with Gasteiger partial charge in [0, 0.05) is 6.04 Å². The van der Waals surface area contributed by atoms with E-state index >= 15 is 0 Å². The van der Waals surface area contributed by atoms with Crippen LogP contribution in [-0.4, -0.2) is 55.3 Å². The van der Waals surface area contributed by atoms with E-state index in [1.807, 2.05) is 0 Å². The number of hydrogen-bond acceptors (Lipinski definition) is 6. The predicted molar refractivity (Wildman–Crippen MR) is 69.3 cm³/mol. The van der Waals surface area contributed by atoms with Gasteiger partial charge >= 0.3 is 0 Å². The first kappa shape index (κ1) is 12.9. The number of anilines is 1. The first-order valence-corrected chi connectivity index (χ1v) is 6.13. The molecule has 1 aromatic rings. The molecule has 0 amide bonds. The van der Waals surface area contributed by atoms with Crippen LogP contribution in [0.1, 0.15) is 12.8 Å². The summed E-state index contributed by atoms with van der Waals surface area (Å²) < 4.78 is 10.2. The molecule has 18 heavy (non-hydrogen) atoms. The summed E-state index contributed by atoms with van der Waals surface area (Å²) in [6, 6.07) is 2.08. The van der Waals surface area contributed by atoms with Crippen LogP contribution < -0.4 is 14.8 Å². The molecule has 1 aliphatic heterocycles. The molecular formula is C12H20N4O2. The fourth-order valence-corrected chi connectivity index (χ4v) is 2.01. The molecule has 6 nitrogen and oxygen atoms in total. The molecule has 0 aromatic carbocycles. The zero-order chi connectivity index (χ0) is 13.0. The lowest BCUT2D eigenvalue weighted by molar-refractivity contribution is 0.263. The van der Waals surface area contributed by atoms with Gasteiger partial charge in [0.2, 0.25) is 17.7 Å². The molecule has 0 bridgehead atoms. The van der Waals surface area contributed by atoms with E-state index in [1.54, 1.807) is 20.3 Å². The number of rotatable bonds is 4. The molecule has 2 rings (SSSR count). The van der Waals surface area contributed by atoms with Gasteiger partial charge in [-0.1, -0.05) is 0 Å². The van der Waals surface area contributed by atoms with Crippen molar-refractivity contribution in [3.05, 3.63) is 6.07 Å². The minimum atomic E-state index is 0.415. The Hall–Kier alpha value is -1.56. The summed E-state index contributed by atoms with van der Waals surface area (Å²) in [5.74, 6) is 1.59. The van der Waals surface area contributed by atoms with Gasteiger partial charge in [0.1, 0.15) is 0 Å². The van der Waals surface area contributed by atoms with Crippen LogP contribution in [0.15, 0.2) is 6.07 Å². The molecule has 6 heteroatoms. The number of nitrogens with zero attached hydrogens (tertiary/aromatic N) is 3. The van der Waals surface area contributed by atoms with Gasteiger partial charge in [0.25, 0.3) is 0 Å². The van der Waals surface area contributed by atoms with Crippen molar-refractivity contribution < 1.29 is 9.47 Å². The lowest BCUT2D eigenvalue weighted by atomic mass is 10.1. The molecule has 0 unspecified atom stereocenters. The normalized spacial score (nSPS) is 17.5. The van der Waals surface area contributed by atoms with Crippen molar-refractivity contribution in [2.45, 2.75) is 18.9 Å². The van der Waals surface area contributed by atoms with Crippen LogP contribution >= 0.6 is 0 Å². The maximum atomic E-state index is 5.12. The molecule has 0 saturated carbocycles. The number of nitrogens with one attached hydrogen (secondary N) is 1. The second-order valence-electron chi connectivity index (χ2n) is 4.50. The van der Waals surface area contributed by atoms with Crippen LogP contribution in [0.25, 0.3) is 0 Å². The van der Waals surface area contributed by atoms with Gasteiger partial charge in [-0.2, -0.15) is 9.97 Å². The minimum Gasteiger partial charge on any atom is -0.481 e. The Labute approximate surface area is 107 Å². The average molecular weight is 252 g/mol. The Kier molecular flexibility index (Phi) is 4.19. The number of hydrogen-bond donors (Lipinski definition) is 1. The molecule has 0 atom stereocenters. The lowest BCUT2D eigenvalue weighted by Crippen LogP contribution is -2.37. The van der Waals surface area contributed by atoms with Crippen molar-refractivity contribution in [1.29, 1.82) is 0 Å². The zero-order valence-electron chi connectivity index (χ0n) is 11.1. The highest BCUT2D eigenvalue weighted by Crippen LogP contribution is 2.19. The van der Waals surface area contributed by atoms with Gasteiger partial charge in [-0.25, -0.2) is 0 Å². The van der Waals surface area contributed by atoms with Gasteiger partial charge in [0.05, 0.1) is 20.3 Å². The monoisotopic (exact) mass is 252 g/mol. The van der Waals surface area contributed by atoms with E-state index in [9.17, 15) is 0 Å². The Balaban J connectivity index is 2.03. The molecule has 2 heterocycles. The lowest BCUT2D eigenvalue weighted by Gasteiger charge is -2.29. The van der Waals surface area contributed by atoms with Crippen LogP contribution in [0.5, 0.6) is 11.8 Å². The van der Waals surface area contributed by atoms with Gasteiger partial charge in [-0.05, 0) is 33.0 Å². The SMILES string of the molecule is COc1cc(OC)nc(NC2CCN(C)CC2)n1. The highest BCUT2D eigenvalue weighted by molar-refractivity contribution is 5.34. The molecule has 0 radical (unpaired) electrons. The smallest absolute Gasteiger partial charge is 0.229 e. The van der Waals surface area contributed by atoms with E-state index in [0.717, 1.165) is 25.9 Å². The number of methoxy groups -OCH3 is 2. The maximum absolute atomic E-state index is 5.12. The van der Waals surface area contributed by atoms with Crippen molar-refractivity contribution >= 4 is 5.95 Å². The Morgan fingerprint density at radius 3 is 2.22 bits per heavy atom. The Morgan fingerprint density at radius 2 is 1.72 bits per heavy atom. The maximum Gasteiger partial charge on any atom is 0.229 e. The third-order valence-electron chi connectivity index (χ3n) is 3.15. The summed E-state index contributed by atoms with van der Waals surface area (Å²) in [4.78, 5) is 10.9. The topological polar surface area (TPSA) is 59.5 Å². The fraction of sp³-hybridized carbons (Fsp3) is 0.667. The van der Waals surface area contributed by atoms with Crippen LogP contribution in [-0.2, 0) is 0 Å². The molecule has 1 N–H and O–H groups in total. The fourth-order valence-electron chi connectivity index (χ4n) is 2.01. The molecule has 100 valence electrons. The molecule has 1 aromatic heterocycles. The van der Waals surface area contributed by atoms with Crippen LogP contribution in [0.4, 0.5) is 5.95 Å². The zero-order valence-corrected chi connectivity index (χ0v) is 11.1. The average Bonchev–Trinajstić information content (AvgIpc) is 2.41. The van der Waals surface area contributed by atoms with E-state index in [1.165, 1.54) is 0 Å². The van der Waals surface area contributed by atoms with Crippen molar-refractivity contribution in [3.8, 4) is 11.8 Å². The van der Waals surface area contributed by atoms with Crippen LogP contribution in [0, 0.1) is 0 Å². The van der Waals surface area contributed by atoms with Gasteiger partial charge in [-0.15, -0.1) is 0 Å². The highest BCUT2D eigenvalue weighted by atomic mass is 16.5. The van der Waals surface area contributed by atoms with Gasteiger partial charge in [-0.3, -0.25) is 0 Å². The minimum absolute atomic E-state index is 0.415. The predicted octanol–water partition coefficient (Wildman–Crippen LogP) is 1.000. The summed E-state index contributed by atoms with van der Waals surface area (Å²) in [7, 11) is 5.31. The second-order valence-corrected chi connectivity index (χ2v) is 4.50. The third-order valence-corrected chi connectivity index (χ3v) is 3.15. The summed E-state index contributed by atoms with van der Waals surface area (Å²) in [5, 5.41) is 3.34. The summed E-state index contributed by atoms with van der Waals surface area (Å²) in [6.45, 7) is 2.19. The van der Waals surface area contributed by atoms with Crippen molar-refractivity contribution in [1.82, 2.24) is 14.9 Å². The van der Waals surface area contributed by atoms with Crippen LogP contribution in [0.2, 0.25) is 0 Å². The van der Waals surface area contributed by atoms with Gasteiger partial charge in [0.15, 0.2) is 0 Å². The quantitative estimate of drug-likeness (QED) is 0.862. The largest absolute Gasteiger partial charge is 0.481 e. The third kappa shape index (κ3) is 3.22. The number of aromatic nitrogens is 2. The molecule has 1 saturated heterocycles. The molecule has 1 fully saturated rings. The second kappa shape index (κ2) is 5.86. The molecule has 1 aliphatic rings. The van der Waals surface area contributed by atoms with E-state index in [4.69, 9.17) is 9.47 Å². The highest BCUT2D eigenvalue weighted by Gasteiger charge is 2.17. The Morgan fingerprint density at radius 1 is 1.17 bits per heavy atom. The first-order chi connectivity index (χ1) is 8.71. The van der Waals surface area contributed by atoms with E-state index in [0.29, 0.717) is 23.8 Å². The number of piperidine rings is 1. The van der Waals surface area contributed by atoms with Crippen LogP contribution in [0.3, 0.4) is 0 Å². The van der Waals surface area contributed by atoms with Gasteiger partial charge < -0.3 is 19.7 Å². The summed E-state index contributed by atoms with van der Waals surface area (Å²) in [6.07, 6.45) is 2.19. The number of ether oxygens (including phenoxy) is 2. The summed E-state index contributed by atoms with van der Waals surface area (Å²) >= 11 is 0. The number of likely N-dealkylation sites (tertiary alicyclic amines) is 1. The van der Waals surface area contributed by atoms with E-state index < -0.39 is 0 Å². The standard InChI is InChI=1S/C12H20N4O2/c1-16-6-4-9(5-7-16)13-12-14-10(17-2)8-11(15-12)18-3/h8-9H,4-7H2,1-3H3,(H,13,14,15). The van der Waals surface area contributed by atoms with Crippen molar-refractivity contribution in [2.24, 2.45) is 0 Å². The van der Waals surface area contributed by atoms with Crippen molar-refractivity contribution in [3.63, 3.8) is 0 Å². The first-order valence-electron chi connectivity index (χ1n) is 6.13. The Bertz CT molecular complexity index is 369. The molecule has 0 spiro atoms. The van der Waals surface area contributed by atoms with Crippen molar-refractivity contribution in [2.75, 3.05) is 39.7 Å². The van der Waals surface area contributed by atoms with E-state index in [-0.39, 0.29) is 0 Å². The molecule has 0 aliphatic carbocycles.